The van der Waals surface area contributed by atoms with Gasteiger partial charge in [-0.05, 0) is 28.4 Å². The molecule has 1 fully saturated rings. The second kappa shape index (κ2) is 7.48. The Morgan fingerprint density at radius 1 is 1.41 bits per heavy atom. The summed E-state index contributed by atoms with van der Waals surface area (Å²) in [6.45, 7) is 7.20. The van der Waals surface area contributed by atoms with E-state index in [0.29, 0.717) is 0 Å². The first-order valence-corrected chi connectivity index (χ1v) is 7.75. The minimum absolute atomic E-state index is 0.887. The molecule has 0 atom stereocenters. The van der Waals surface area contributed by atoms with Crippen LogP contribution in [-0.4, -0.2) is 44.3 Å². The first-order chi connectivity index (χ1) is 8.34. The van der Waals surface area contributed by atoms with Gasteiger partial charge in [-0.2, -0.15) is 0 Å². The monoisotopic (exact) mass is 318 g/mol. The van der Waals surface area contributed by atoms with Gasteiger partial charge in [0.1, 0.15) is 0 Å². The molecule has 0 unspecified atom stereocenters. The molecule has 2 heterocycles. The molecular weight excluding hydrogens is 300 g/mol. The van der Waals surface area contributed by atoms with Gasteiger partial charge in [0.05, 0.1) is 6.61 Å². The molecule has 17 heavy (non-hydrogen) atoms. The molecule has 0 bridgehead atoms. The number of hydrogen-bond donors (Lipinski definition) is 1. The van der Waals surface area contributed by atoms with Gasteiger partial charge < -0.3 is 10.1 Å². The Morgan fingerprint density at radius 3 is 3.18 bits per heavy atom. The molecule has 0 radical (unpaired) electrons. The van der Waals surface area contributed by atoms with E-state index >= 15 is 0 Å². The summed E-state index contributed by atoms with van der Waals surface area (Å²) >= 11 is 5.27. The van der Waals surface area contributed by atoms with E-state index in [4.69, 9.17) is 4.74 Å². The second-order valence-electron chi connectivity index (χ2n) is 4.22. The van der Waals surface area contributed by atoms with Crippen molar-refractivity contribution in [3.8, 4) is 0 Å². The summed E-state index contributed by atoms with van der Waals surface area (Å²) in [5.41, 5.74) is 0. The molecule has 1 saturated heterocycles. The zero-order chi connectivity index (χ0) is 11.9. The van der Waals surface area contributed by atoms with Crippen LogP contribution in [0.5, 0.6) is 0 Å². The standard InChI is InChI=1S/C12H19BrN2OS/c13-11-8-12(17-10-11)9-14-2-4-15-3-1-6-16-7-5-15/h8,10,14H,1-7,9H2. The van der Waals surface area contributed by atoms with Crippen molar-refractivity contribution in [1.29, 1.82) is 0 Å². The van der Waals surface area contributed by atoms with Gasteiger partial charge in [-0.1, -0.05) is 0 Å². The van der Waals surface area contributed by atoms with Crippen LogP contribution in [0.2, 0.25) is 0 Å². The number of nitrogens with zero attached hydrogens (tertiary/aromatic N) is 1. The van der Waals surface area contributed by atoms with Crippen LogP contribution in [0, 0.1) is 0 Å². The largest absolute Gasteiger partial charge is 0.380 e. The number of rotatable bonds is 5. The van der Waals surface area contributed by atoms with Gasteiger partial charge in [0.15, 0.2) is 0 Å². The minimum Gasteiger partial charge on any atom is -0.380 e. The molecule has 1 N–H and O–H groups in total. The molecule has 5 heteroatoms. The lowest BCUT2D eigenvalue weighted by Crippen LogP contribution is -2.33. The SMILES string of the molecule is Brc1csc(CNCCN2CCCOCC2)c1. The summed E-state index contributed by atoms with van der Waals surface area (Å²) in [6.07, 6.45) is 1.16. The molecule has 0 aliphatic carbocycles. The first kappa shape index (κ1) is 13.5. The summed E-state index contributed by atoms with van der Waals surface area (Å²) < 4.78 is 6.62. The van der Waals surface area contributed by atoms with E-state index in [1.165, 1.54) is 15.9 Å². The Morgan fingerprint density at radius 2 is 2.35 bits per heavy atom. The normalized spacial score (nSPS) is 18.2. The van der Waals surface area contributed by atoms with Gasteiger partial charge in [0, 0.05) is 54.1 Å². The van der Waals surface area contributed by atoms with Gasteiger partial charge in [0.2, 0.25) is 0 Å². The molecule has 0 spiro atoms. The highest BCUT2D eigenvalue weighted by atomic mass is 79.9. The molecule has 3 nitrogen and oxygen atoms in total. The van der Waals surface area contributed by atoms with E-state index in [1.54, 1.807) is 11.3 Å². The maximum Gasteiger partial charge on any atom is 0.0593 e. The zero-order valence-electron chi connectivity index (χ0n) is 9.95. The third-order valence-corrected chi connectivity index (χ3v) is 4.54. The molecule has 0 saturated carbocycles. The van der Waals surface area contributed by atoms with Gasteiger partial charge in [-0.3, -0.25) is 4.90 Å². The average Bonchev–Trinajstić information content (AvgIpc) is 2.59. The van der Waals surface area contributed by atoms with E-state index in [0.717, 1.165) is 45.8 Å². The molecule has 96 valence electrons. The maximum atomic E-state index is 5.44. The Bertz CT molecular complexity index is 324. The summed E-state index contributed by atoms with van der Waals surface area (Å²) in [5, 5.41) is 5.62. The van der Waals surface area contributed by atoms with Crippen LogP contribution in [0.3, 0.4) is 0 Å². The van der Waals surface area contributed by atoms with Crippen molar-refractivity contribution in [2.45, 2.75) is 13.0 Å². The van der Waals surface area contributed by atoms with E-state index in [2.05, 4.69) is 37.6 Å². The number of ether oxygens (including phenoxy) is 1. The number of hydrogen-bond acceptors (Lipinski definition) is 4. The first-order valence-electron chi connectivity index (χ1n) is 6.08. The lowest BCUT2D eigenvalue weighted by molar-refractivity contribution is 0.141. The van der Waals surface area contributed by atoms with Crippen LogP contribution < -0.4 is 5.32 Å². The van der Waals surface area contributed by atoms with Crippen LogP contribution >= 0.6 is 27.3 Å². The molecule has 0 amide bonds. The van der Waals surface area contributed by atoms with E-state index in [-0.39, 0.29) is 0 Å². The minimum atomic E-state index is 0.887. The molecule has 1 aliphatic heterocycles. The number of nitrogens with one attached hydrogen (secondary N) is 1. The van der Waals surface area contributed by atoms with Gasteiger partial charge in [-0.15, -0.1) is 11.3 Å². The summed E-state index contributed by atoms with van der Waals surface area (Å²) in [5.74, 6) is 0. The smallest absolute Gasteiger partial charge is 0.0593 e. The average molecular weight is 319 g/mol. The highest BCUT2D eigenvalue weighted by Gasteiger charge is 2.08. The highest BCUT2D eigenvalue weighted by molar-refractivity contribution is 9.10. The van der Waals surface area contributed by atoms with Crippen molar-refractivity contribution in [3.05, 3.63) is 20.8 Å². The van der Waals surface area contributed by atoms with Crippen molar-refractivity contribution in [2.75, 3.05) is 39.4 Å². The fourth-order valence-corrected chi connectivity index (χ4v) is 3.34. The fraction of sp³-hybridized carbons (Fsp3) is 0.667. The highest BCUT2D eigenvalue weighted by Crippen LogP contribution is 2.19. The topological polar surface area (TPSA) is 24.5 Å². The third-order valence-electron chi connectivity index (χ3n) is 2.84. The van der Waals surface area contributed by atoms with Crippen molar-refractivity contribution >= 4 is 27.3 Å². The van der Waals surface area contributed by atoms with E-state index in [9.17, 15) is 0 Å². The Balaban J connectivity index is 1.59. The Labute approximate surface area is 115 Å². The van der Waals surface area contributed by atoms with Crippen molar-refractivity contribution in [2.24, 2.45) is 0 Å². The van der Waals surface area contributed by atoms with Gasteiger partial charge >= 0.3 is 0 Å². The predicted molar refractivity (Wildman–Crippen MR) is 75.6 cm³/mol. The number of halogens is 1. The molecule has 1 aromatic rings. The molecule has 2 rings (SSSR count). The Kier molecular flexibility index (Phi) is 5.94. The van der Waals surface area contributed by atoms with E-state index < -0.39 is 0 Å². The second-order valence-corrected chi connectivity index (χ2v) is 6.13. The summed E-state index contributed by atoms with van der Waals surface area (Å²) in [6, 6.07) is 2.18. The van der Waals surface area contributed by atoms with Crippen LogP contribution in [0.15, 0.2) is 15.9 Å². The van der Waals surface area contributed by atoms with Crippen LogP contribution in [0.25, 0.3) is 0 Å². The Hall–Kier alpha value is 0.0600. The van der Waals surface area contributed by atoms with Crippen LogP contribution in [0.4, 0.5) is 0 Å². The fourth-order valence-electron chi connectivity index (χ4n) is 1.92. The van der Waals surface area contributed by atoms with Crippen molar-refractivity contribution < 1.29 is 4.74 Å². The van der Waals surface area contributed by atoms with Gasteiger partial charge in [-0.25, -0.2) is 0 Å². The maximum absolute atomic E-state index is 5.44. The summed E-state index contributed by atoms with van der Waals surface area (Å²) in [7, 11) is 0. The van der Waals surface area contributed by atoms with E-state index in [1.807, 2.05) is 0 Å². The summed E-state index contributed by atoms with van der Waals surface area (Å²) in [4.78, 5) is 3.86. The predicted octanol–water partition coefficient (Wildman–Crippen LogP) is 2.32. The zero-order valence-corrected chi connectivity index (χ0v) is 12.4. The van der Waals surface area contributed by atoms with Crippen molar-refractivity contribution in [3.63, 3.8) is 0 Å². The third kappa shape index (κ3) is 5.06. The molecule has 0 aromatic carbocycles. The van der Waals surface area contributed by atoms with Crippen LogP contribution in [0.1, 0.15) is 11.3 Å². The quantitative estimate of drug-likeness (QED) is 0.843. The molecule has 1 aliphatic rings. The lowest BCUT2D eigenvalue weighted by atomic mass is 10.4. The van der Waals surface area contributed by atoms with Crippen LogP contribution in [-0.2, 0) is 11.3 Å². The lowest BCUT2D eigenvalue weighted by Gasteiger charge is -2.18. The number of thiophene rings is 1. The van der Waals surface area contributed by atoms with Crippen molar-refractivity contribution in [1.82, 2.24) is 10.2 Å². The van der Waals surface area contributed by atoms with Gasteiger partial charge in [0.25, 0.3) is 0 Å². The molecule has 1 aromatic heterocycles. The molecular formula is C12H19BrN2OS.